The smallest absolute Gasteiger partial charge is 0.283 e. The fourth-order valence-corrected chi connectivity index (χ4v) is 6.33. The van der Waals surface area contributed by atoms with E-state index in [0.29, 0.717) is 39.2 Å². The summed E-state index contributed by atoms with van der Waals surface area (Å²) >= 11 is 1.40. The number of nitrogens with zero attached hydrogens (tertiary/aromatic N) is 5. The molecular formula is C30H25N7O4S2. The van der Waals surface area contributed by atoms with Crippen LogP contribution in [0.5, 0.6) is 5.75 Å². The van der Waals surface area contributed by atoms with Gasteiger partial charge in [0.1, 0.15) is 5.75 Å². The van der Waals surface area contributed by atoms with Gasteiger partial charge in [-0.15, -0.1) is 0 Å². The molecule has 0 atom stereocenters. The molecule has 3 aromatic heterocycles. The average Bonchev–Trinajstić information content (AvgIpc) is 3.58. The topological polar surface area (TPSA) is 144 Å². The number of aromatic nitrogens is 5. The molecule has 0 bridgehead atoms. The molecule has 0 saturated carbocycles. The molecule has 0 unspecified atom stereocenters. The number of methoxy groups -OCH3 is 1. The van der Waals surface area contributed by atoms with Crippen molar-refractivity contribution >= 4 is 48.9 Å². The number of aliphatic imine (C=N–C) groups is 1. The van der Waals surface area contributed by atoms with Crippen LogP contribution in [0.1, 0.15) is 18.2 Å². The number of ether oxygens (including phenoxy) is 1. The molecular weight excluding hydrogens is 587 g/mol. The Hall–Kier alpha value is -5.14. The van der Waals surface area contributed by atoms with Gasteiger partial charge in [-0.05, 0) is 80.6 Å². The fourth-order valence-electron chi connectivity index (χ4n) is 4.46. The van der Waals surface area contributed by atoms with Crippen molar-refractivity contribution in [1.82, 2.24) is 24.7 Å². The van der Waals surface area contributed by atoms with Crippen molar-refractivity contribution in [2.24, 2.45) is 4.99 Å². The van der Waals surface area contributed by atoms with E-state index in [1.807, 2.05) is 48.5 Å². The Labute approximate surface area is 250 Å². The predicted molar refractivity (Wildman–Crippen MR) is 167 cm³/mol. The van der Waals surface area contributed by atoms with E-state index in [1.54, 1.807) is 39.2 Å². The van der Waals surface area contributed by atoms with Crippen LogP contribution in [0.4, 0.5) is 11.6 Å². The van der Waals surface area contributed by atoms with E-state index >= 15 is 0 Å². The Kier molecular flexibility index (Phi) is 7.34. The molecule has 0 aliphatic carbocycles. The van der Waals surface area contributed by atoms with Crippen molar-refractivity contribution in [3.8, 4) is 22.1 Å². The summed E-state index contributed by atoms with van der Waals surface area (Å²) in [5, 5.41) is 3.73. The van der Waals surface area contributed by atoms with Crippen LogP contribution in [0.3, 0.4) is 0 Å². The number of benzene rings is 3. The van der Waals surface area contributed by atoms with Crippen molar-refractivity contribution in [3.63, 3.8) is 0 Å². The first kappa shape index (κ1) is 28.0. The summed E-state index contributed by atoms with van der Waals surface area (Å²) in [6.45, 7) is 3.48. The fraction of sp³-hybridized carbons (Fsp3) is 0.100. The lowest BCUT2D eigenvalue weighted by molar-refractivity contribution is 0.415. The molecule has 0 saturated heterocycles. The molecule has 0 radical (unpaired) electrons. The number of thiazole rings is 1. The van der Waals surface area contributed by atoms with Crippen LogP contribution in [0, 0.1) is 6.92 Å². The molecule has 0 fully saturated rings. The van der Waals surface area contributed by atoms with Gasteiger partial charge < -0.3 is 4.74 Å². The first-order valence-electron chi connectivity index (χ1n) is 13.1. The highest BCUT2D eigenvalue weighted by Gasteiger charge is 2.22. The van der Waals surface area contributed by atoms with Gasteiger partial charge in [-0.3, -0.25) is 14.9 Å². The SMILES string of the molecule is COc1ccc(-c2[nH]n(-c3nc4ccccc4s3)c(=O)c2C(C)=Nc2ccc(S(=O)(=O)Nc3nccc(C)n3)cc2)cc1. The molecule has 0 aliphatic heterocycles. The van der Waals surface area contributed by atoms with E-state index in [0.717, 1.165) is 15.8 Å². The van der Waals surface area contributed by atoms with Gasteiger partial charge in [-0.2, -0.15) is 4.68 Å². The zero-order chi connectivity index (χ0) is 30.1. The van der Waals surface area contributed by atoms with Crippen LogP contribution in [-0.2, 0) is 10.0 Å². The molecule has 0 aliphatic rings. The van der Waals surface area contributed by atoms with Crippen LogP contribution in [0.2, 0.25) is 0 Å². The molecule has 216 valence electrons. The Morgan fingerprint density at radius 3 is 2.44 bits per heavy atom. The largest absolute Gasteiger partial charge is 0.497 e. The molecule has 2 N–H and O–H groups in total. The lowest BCUT2D eigenvalue weighted by atomic mass is 10.0. The lowest BCUT2D eigenvalue weighted by Crippen LogP contribution is -2.19. The predicted octanol–water partition coefficient (Wildman–Crippen LogP) is 5.49. The number of anilines is 1. The van der Waals surface area contributed by atoms with Crippen molar-refractivity contribution < 1.29 is 13.2 Å². The average molecular weight is 612 g/mol. The van der Waals surface area contributed by atoms with Crippen molar-refractivity contribution in [2.75, 3.05) is 11.8 Å². The van der Waals surface area contributed by atoms with Gasteiger partial charge in [0.2, 0.25) is 11.1 Å². The van der Waals surface area contributed by atoms with E-state index in [-0.39, 0.29) is 16.4 Å². The van der Waals surface area contributed by atoms with Crippen LogP contribution >= 0.6 is 11.3 Å². The number of fused-ring (bicyclic) bond motifs is 1. The number of aryl methyl sites for hydroxylation is 1. The molecule has 11 nitrogen and oxygen atoms in total. The monoisotopic (exact) mass is 611 g/mol. The molecule has 6 rings (SSSR count). The minimum Gasteiger partial charge on any atom is -0.497 e. The van der Waals surface area contributed by atoms with Gasteiger partial charge in [0.05, 0.1) is 44.9 Å². The van der Waals surface area contributed by atoms with Crippen LogP contribution in [0.25, 0.3) is 26.6 Å². The summed E-state index contributed by atoms with van der Waals surface area (Å²) in [6.07, 6.45) is 1.48. The maximum Gasteiger partial charge on any atom is 0.283 e. The number of rotatable bonds is 8. The normalized spacial score (nSPS) is 12.0. The van der Waals surface area contributed by atoms with E-state index in [1.165, 1.54) is 34.3 Å². The van der Waals surface area contributed by atoms with Crippen molar-refractivity contribution in [2.45, 2.75) is 18.7 Å². The highest BCUT2D eigenvalue weighted by molar-refractivity contribution is 7.92. The third-order valence-electron chi connectivity index (χ3n) is 6.57. The van der Waals surface area contributed by atoms with E-state index in [9.17, 15) is 13.2 Å². The van der Waals surface area contributed by atoms with Gasteiger partial charge in [0, 0.05) is 17.5 Å². The maximum atomic E-state index is 13.9. The Morgan fingerprint density at radius 1 is 1.00 bits per heavy atom. The molecule has 0 spiro atoms. The molecule has 3 aromatic carbocycles. The highest BCUT2D eigenvalue weighted by Crippen LogP contribution is 2.28. The number of nitrogens with one attached hydrogen (secondary N) is 2. The zero-order valence-electron chi connectivity index (χ0n) is 23.3. The van der Waals surface area contributed by atoms with E-state index in [4.69, 9.17) is 4.74 Å². The van der Waals surface area contributed by atoms with Gasteiger partial charge in [0.25, 0.3) is 15.6 Å². The van der Waals surface area contributed by atoms with Crippen molar-refractivity contribution in [1.29, 1.82) is 0 Å². The second-order valence-electron chi connectivity index (χ2n) is 9.51. The Balaban J connectivity index is 1.38. The summed E-state index contributed by atoms with van der Waals surface area (Å²) in [5.41, 5.74) is 3.70. The summed E-state index contributed by atoms with van der Waals surface area (Å²) in [5.74, 6) is 0.669. The number of H-pyrrole nitrogens is 1. The first-order valence-corrected chi connectivity index (χ1v) is 15.4. The molecule has 13 heteroatoms. The van der Waals surface area contributed by atoms with E-state index in [2.05, 4.69) is 29.8 Å². The molecule has 6 aromatic rings. The standard InChI is InChI=1S/C30H25N7O4S2/c1-18-16-17-31-29(32-18)36-43(39,40)23-14-10-21(11-15-23)33-19(2)26-27(20-8-12-22(41-3)13-9-20)35-37(28(26)38)30-34-24-6-4-5-7-25(24)42-30/h4-17,35H,1-3H3,(H,31,32,36). The van der Waals surface area contributed by atoms with Gasteiger partial charge >= 0.3 is 0 Å². The third-order valence-corrected chi connectivity index (χ3v) is 8.93. The quantitative estimate of drug-likeness (QED) is 0.217. The maximum absolute atomic E-state index is 13.9. The molecule has 3 heterocycles. The van der Waals surface area contributed by atoms with E-state index < -0.39 is 10.0 Å². The molecule has 43 heavy (non-hydrogen) atoms. The number of hydrogen-bond acceptors (Lipinski definition) is 9. The summed E-state index contributed by atoms with van der Waals surface area (Å²) in [6, 6.07) is 22.7. The molecule has 0 amide bonds. The van der Waals surface area contributed by atoms with Gasteiger partial charge in [0.15, 0.2) is 0 Å². The minimum atomic E-state index is -3.92. The lowest BCUT2D eigenvalue weighted by Gasteiger charge is -2.07. The third kappa shape index (κ3) is 5.67. The second kappa shape index (κ2) is 11.3. The second-order valence-corrected chi connectivity index (χ2v) is 12.2. The number of sulfonamides is 1. The summed E-state index contributed by atoms with van der Waals surface area (Å²) in [4.78, 5) is 31.3. The number of para-hydroxylation sites is 1. The highest BCUT2D eigenvalue weighted by atomic mass is 32.2. The van der Waals surface area contributed by atoms with Gasteiger partial charge in [-0.25, -0.2) is 28.1 Å². The first-order chi connectivity index (χ1) is 20.7. The van der Waals surface area contributed by atoms with Crippen LogP contribution < -0.4 is 15.0 Å². The Morgan fingerprint density at radius 2 is 1.74 bits per heavy atom. The summed E-state index contributed by atoms with van der Waals surface area (Å²) in [7, 11) is -2.33. The van der Waals surface area contributed by atoms with Crippen LogP contribution in [0.15, 0.2) is 99.7 Å². The zero-order valence-corrected chi connectivity index (χ0v) is 24.9. The van der Waals surface area contributed by atoms with Crippen molar-refractivity contribution in [3.05, 3.63) is 107 Å². The van der Waals surface area contributed by atoms with Gasteiger partial charge in [-0.1, -0.05) is 23.5 Å². The van der Waals surface area contributed by atoms with Crippen LogP contribution in [-0.4, -0.2) is 46.0 Å². The number of hydrogen-bond donors (Lipinski definition) is 2. The minimum absolute atomic E-state index is 0.0131. The summed E-state index contributed by atoms with van der Waals surface area (Å²) < 4.78 is 35.8. The Bertz CT molecular complexity index is 2110. The number of aromatic amines is 1.